The van der Waals surface area contributed by atoms with Gasteiger partial charge >= 0.3 is 0 Å². The summed E-state index contributed by atoms with van der Waals surface area (Å²) in [4.78, 5) is 13.9. The molecule has 0 radical (unpaired) electrons. The van der Waals surface area contributed by atoms with Crippen LogP contribution in [0.4, 0.5) is 11.4 Å². The molecule has 0 spiro atoms. The average Bonchev–Trinajstić information content (AvgIpc) is 3.11. The molecule has 2 aromatic rings. The van der Waals surface area contributed by atoms with E-state index in [1.54, 1.807) is 42.2 Å². The number of sulfonamides is 1. The van der Waals surface area contributed by atoms with Gasteiger partial charge in [0.15, 0.2) is 0 Å². The predicted molar refractivity (Wildman–Crippen MR) is 120 cm³/mol. The molecule has 0 saturated heterocycles. The van der Waals surface area contributed by atoms with Crippen LogP contribution in [0.2, 0.25) is 0 Å². The molecule has 0 unspecified atom stereocenters. The van der Waals surface area contributed by atoms with Crippen LogP contribution in [0.1, 0.15) is 32.8 Å². The summed E-state index contributed by atoms with van der Waals surface area (Å²) in [5.41, 5.74) is 1.87. The summed E-state index contributed by atoms with van der Waals surface area (Å²) in [5.74, 6) is 0.909. The Hall–Kier alpha value is -2.26. The molecule has 9 heteroatoms. The van der Waals surface area contributed by atoms with Crippen molar-refractivity contribution in [2.24, 2.45) is 0 Å². The number of anilines is 2. The summed E-state index contributed by atoms with van der Waals surface area (Å²) < 4.78 is 40.6. The van der Waals surface area contributed by atoms with E-state index >= 15 is 0 Å². The second-order valence-electron chi connectivity index (χ2n) is 6.69. The van der Waals surface area contributed by atoms with Gasteiger partial charge in [0.25, 0.3) is 10.0 Å². The van der Waals surface area contributed by atoms with Crippen molar-refractivity contribution in [1.82, 2.24) is 0 Å². The molecule has 0 fully saturated rings. The fourth-order valence-corrected chi connectivity index (χ4v) is 5.54. The lowest BCUT2D eigenvalue weighted by Crippen LogP contribution is -2.28. The SMILES string of the molecule is CCOc1ccc(OCC)c(NS(=O)(=O)c2cc3c(cc2Br)CCN3C(=O)CC)c1. The highest BCUT2D eigenvalue weighted by atomic mass is 79.9. The van der Waals surface area contributed by atoms with E-state index in [0.717, 1.165) is 5.56 Å². The summed E-state index contributed by atoms with van der Waals surface area (Å²) in [6, 6.07) is 8.32. The van der Waals surface area contributed by atoms with E-state index in [9.17, 15) is 13.2 Å². The van der Waals surface area contributed by atoms with Gasteiger partial charge in [-0.05, 0) is 66.0 Å². The molecule has 1 N–H and O–H groups in total. The number of ether oxygens (including phenoxy) is 2. The van der Waals surface area contributed by atoms with Crippen molar-refractivity contribution in [1.29, 1.82) is 0 Å². The number of fused-ring (bicyclic) bond motifs is 1. The minimum absolute atomic E-state index is 0.0320. The minimum atomic E-state index is -3.96. The molecular formula is C21H25BrN2O5S. The fourth-order valence-electron chi connectivity index (χ4n) is 3.37. The van der Waals surface area contributed by atoms with Crippen molar-refractivity contribution < 1.29 is 22.7 Å². The number of benzene rings is 2. The van der Waals surface area contributed by atoms with Gasteiger partial charge in [-0.2, -0.15) is 0 Å². The first kappa shape index (κ1) is 22.4. The molecule has 1 aliphatic rings. The number of hydrogen-bond acceptors (Lipinski definition) is 5. The number of nitrogens with zero attached hydrogens (tertiary/aromatic N) is 1. The summed E-state index contributed by atoms with van der Waals surface area (Å²) in [6.45, 7) is 6.86. The molecule has 1 aliphatic heterocycles. The Balaban J connectivity index is 2.01. The number of hydrogen-bond donors (Lipinski definition) is 1. The number of amides is 1. The zero-order valence-corrected chi connectivity index (χ0v) is 19.6. The lowest BCUT2D eigenvalue weighted by atomic mass is 10.2. The van der Waals surface area contributed by atoms with E-state index in [-0.39, 0.29) is 16.5 Å². The Morgan fingerprint density at radius 2 is 1.87 bits per heavy atom. The molecule has 0 aromatic heterocycles. The third kappa shape index (κ3) is 4.57. The highest BCUT2D eigenvalue weighted by Crippen LogP contribution is 2.38. The quantitative estimate of drug-likeness (QED) is 0.587. The first-order chi connectivity index (χ1) is 14.3. The molecule has 0 aliphatic carbocycles. The van der Waals surface area contributed by atoms with Crippen LogP contribution in [0.15, 0.2) is 39.7 Å². The van der Waals surface area contributed by atoms with Crippen LogP contribution < -0.4 is 19.1 Å². The largest absolute Gasteiger partial charge is 0.494 e. The third-order valence-electron chi connectivity index (χ3n) is 4.73. The lowest BCUT2D eigenvalue weighted by Gasteiger charge is -2.19. The van der Waals surface area contributed by atoms with Gasteiger partial charge in [0.1, 0.15) is 16.4 Å². The molecule has 1 heterocycles. The standard InChI is InChI=1S/C21H25BrN2O5S/c1-4-21(25)24-10-9-14-11-16(22)20(13-18(14)24)30(26,27)23-17-12-15(28-5-2)7-8-19(17)29-6-3/h7-8,11-13,23H,4-6,9-10H2,1-3H3. The number of nitrogens with one attached hydrogen (secondary N) is 1. The van der Waals surface area contributed by atoms with Crippen molar-refractivity contribution in [3.8, 4) is 11.5 Å². The molecule has 3 rings (SSSR count). The van der Waals surface area contributed by atoms with E-state index in [4.69, 9.17) is 9.47 Å². The second-order valence-corrected chi connectivity index (χ2v) is 9.19. The van der Waals surface area contributed by atoms with E-state index in [0.29, 0.717) is 54.3 Å². The topological polar surface area (TPSA) is 84.9 Å². The molecule has 0 atom stereocenters. The molecule has 0 bridgehead atoms. The van der Waals surface area contributed by atoms with Crippen LogP contribution in [0.5, 0.6) is 11.5 Å². The molecule has 1 amide bonds. The Morgan fingerprint density at radius 3 is 2.53 bits per heavy atom. The Labute approximate surface area is 185 Å². The van der Waals surface area contributed by atoms with Crippen molar-refractivity contribution in [3.63, 3.8) is 0 Å². The lowest BCUT2D eigenvalue weighted by molar-refractivity contribution is -0.118. The van der Waals surface area contributed by atoms with E-state index in [1.807, 2.05) is 13.8 Å². The number of carbonyl (C=O) groups is 1. The molecule has 30 heavy (non-hydrogen) atoms. The van der Waals surface area contributed by atoms with Gasteiger partial charge in [0, 0.05) is 29.2 Å². The summed E-state index contributed by atoms with van der Waals surface area (Å²) in [6.07, 6.45) is 1.05. The summed E-state index contributed by atoms with van der Waals surface area (Å²) in [7, 11) is -3.96. The van der Waals surface area contributed by atoms with Crippen LogP contribution in [-0.2, 0) is 21.2 Å². The Kier molecular flexibility index (Phi) is 6.92. The monoisotopic (exact) mass is 496 g/mol. The smallest absolute Gasteiger partial charge is 0.263 e. The van der Waals surface area contributed by atoms with Crippen molar-refractivity contribution >= 4 is 43.2 Å². The number of carbonyl (C=O) groups excluding carboxylic acids is 1. The van der Waals surface area contributed by atoms with Gasteiger partial charge in [-0.3, -0.25) is 9.52 Å². The van der Waals surface area contributed by atoms with Crippen LogP contribution >= 0.6 is 15.9 Å². The van der Waals surface area contributed by atoms with E-state index in [2.05, 4.69) is 20.7 Å². The van der Waals surface area contributed by atoms with Crippen LogP contribution in [0, 0.1) is 0 Å². The van der Waals surface area contributed by atoms with Gasteiger partial charge in [0.2, 0.25) is 5.91 Å². The maximum Gasteiger partial charge on any atom is 0.263 e. The zero-order chi connectivity index (χ0) is 21.9. The van der Waals surface area contributed by atoms with Crippen molar-refractivity contribution in [3.05, 3.63) is 40.4 Å². The highest BCUT2D eigenvalue weighted by molar-refractivity contribution is 9.10. The average molecular weight is 497 g/mol. The van der Waals surface area contributed by atoms with Gasteiger partial charge in [-0.1, -0.05) is 6.92 Å². The van der Waals surface area contributed by atoms with Crippen molar-refractivity contribution in [2.45, 2.75) is 38.5 Å². The minimum Gasteiger partial charge on any atom is -0.494 e. The second kappa shape index (κ2) is 9.26. The predicted octanol–water partition coefficient (Wildman–Crippen LogP) is 4.35. The number of rotatable bonds is 8. The van der Waals surface area contributed by atoms with Crippen LogP contribution in [-0.4, -0.2) is 34.1 Å². The normalized spacial score (nSPS) is 13.1. The third-order valence-corrected chi connectivity index (χ3v) is 7.05. The first-order valence-corrected chi connectivity index (χ1v) is 12.1. The first-order valence-electron chi connectivity index (χ1n) is 9.85. The molecule has 2 aromatic carbocycles. The van der Waals surface area contributed by atoms with Crippen molar-refractivity contribution in [2.75, 3.05) is 29.4 Å². The van der Waals surface area contributed by atoms with Crippen LogP contribution in [0.25, 0.3) is 0 Å². The maximum atomic E-state index is 13.3. The van der Waals surface area contributed by atoms with Crippen LogP contribution in [0.3, 0.4) is 0 Å². The number of halogens is 1. The maximum absolute atomic E-state index is 13.3. The molecule has 0 saturated carbocycles. The van der Waals surface area contributed by atoms with E-state index in [1.165, 1.54) is 0 Å². The van der Waals surface area contributed by atoms with Gasteiger partial charge in [0.05, 0.1) is 18.9 Å². The van der Waals surface area contributed by atoms with Gasteiger partial charge in [-0.25, -0.2) is 8.42 Å². The van der Waals surface area contributed by atoms with E-state index < -0.39 is 10.0 Å². The fraction of sp³-hybridized carbons (Fsp3) is 0.381. The van der Waals surface area contributed by atoms with Gasteiger partial charge < -0.3 is 14.4 Å². The summed E-state index contributed by atoms with van der Waals surface area (Å²) in [5, 5.41) is 0. The molecule has 7 nitrogen and oxygen atoms in total. The Morgan fingerprint density at radius 1 is 1.13 bits per heavy atom. The molecule has 162 valence electrons. The van der Waals surface area contributed by atoms with Gasteiger partial charge in [-0.15, -0.1) is 0 Å². The molecular weight excluding hydrogens is 472 g/mol. The Bertz CT molecular complexity index is 1060. The zero-order valence-electron chi connectivity index (χ0n) is 17.2. The summed E-state index contributed by atoms with van der Waals surface area (Å²) >= 11 is 3.38. The highest BCUT2D eigenvalue weighted by Gasteiger charge is 2.29.